The Morgan fingerprint density at radius 2 is 1.62 bits per heavy atom. The van der Waals surface area contributed by atoms with Crippen LogP contribution in [0.15, 0.2) is 42.5 Å². The number of aryl methyl sites for hydroxylation is 1. The van der Waals surface area contributed by atoms with Crippen molar-refractivity contribution >= 4 is 34.8 Å². The van der Waals surface area contributed by atoms with Crippen LogP contribution in [0.25, 0.3) is 0 Å². The highest BCUT2D eigenvalue weighted by Gasteiger charge is 2.19. The molecule has 140 valence electrons. The van der Waals surface area contributed by atoms with Gasteiger partial charge in [-0.2, -0.15) is 0 Å². The molecule has 0 radical (unpaired) electrons. The van der Waals surface area contributed by atoms with E-state index in [1.807, 2.05) is 31.2 Å². The Kier molecular flexibility index (Phi) is 7.95. The zero-order valence-electron chi connectivity index (χ0n) is 15.6. The van der Waals surface area contributed by atoms with Gasteiger partial charge in [-0.3, -0.25) is 4.79 Å². The van der Waals surface area contributed by atoms with Gasteiger partial charge in [0.2, 0.25) is 0 Å². The largest absolute Gasteiger partial charge is 0.337 e. The van der Waals surface area contributed by atoms with Gasteiger partial charge in [0.1, 0.15) is 0 Å². The molecule has 2 aromatic carbocycles. The number of carbonyl (C=O) groups is 1. The number of hydrogen-bond donors (Lipinski definition) is 2. The van der Waals surface area contributed by atoms with Crippen LogP contribution in [0.1, 0.15) is 41.6 Å². The average molecular weight is 394 g/mol. The molecule has 1 aliphatic rings. The Morgan fingerprint density at radius 1 is 1.00 bits per heavy atom. The maximum Gasteiger partial charge on any atom is 0.255 e. The van der Waals surface area contributed by atoms with Crippen molar-refractivity contribution in [1.82, 2.24) is 0 Å². The van der Waals surface area contributed by atoms with Gasteiger partial charge in [-0.1, -0.05) is 40.9 Å². The third-order valence-electron chi connectivity index (χ3n) is 4.66. The van der Waals surface area contributed by atoms with Gasteiger partial charge in [-0.15, -0.1) is 0 Å². The molecule has 2 N–H and O–H groups in total. The summed E-state index contributed by atoms with van der Waals surface area (Å²) in [7, 11) is 4.52. The van der Waals surface area contributed by atoms with E-state index >= 15 is 0 Å². The lowest BCUT2D eigenvalue weighted by atomic mass is 10.2. The van der Waals surface area contributed by atoms with E-state index in [4.69, 9.17) is 23.2 Å². The molecule has 0 atom stereocenters. The lowest BCUT2D eigenvalue weighted by molar-refractivity contribution is -0.884. The number of carbonyl (C=O) groups excluding carboxylic acids is 1. The Balaban J connectivity index is 0.000000254. The molecule has 0 aromatic heterocycles. The van der Waals surface area contributed by atoms with Crippen LogP contribution in [0, 0.1) is 6.92 Å². The number of rotatable bonds is 3. The Morgan fingerprint density at radius 3 is 2.12 bits per heavy atom. The fourth-order valence-electron chi connectivity index (χ4n) is 2.98. The van der Waals surface area contributed by atoms with Gasteiger partial charge in [0, 0.05) is 11.3 Å². The van der Waals surface area contributed by atoms with Crippen LogP contribution in [-0.2, 0) is 0 Å². The number of benzene rings is 2. The first kappa shape index (κ1) is 20.8. The van der Waals surface area contributed by atoms with E-state index < -0.39 is 0 Å². The molecule has 26 heavy (non-hydrogen) atoms. The van der Waals surface area contributed by atoms with Gasteiger partial charge in [0.25, 0.3) is 5.91 Å². The van der Waals surface area contributed by atoms with Crippen LogP contribution in [0.2, 0.25) is 10.0 Å². The highest BCUT2D eigenvalue weighted by atomic mass is 35.5. The van der Waals surface area contributed by atoms with Gasteiger partial charge in [-0.25, -0.2) is 0 Å². The van der Waals surface area contributed by atoms with Crippen LogP contribution < -0.4 is 10.2 Å². The molecule has 0 heterocycles. The summed E-state index contributed by atoms with van der Waals surface area (Å²) in [4.78, 5) is 13.6. The molecule has 0 spiro atoms. The van der Waals surface area contributed by atoms with Crippen molar-refractivity contribution in [2.24, 2.45) is 0 Å². The van der Waals surface area contributed by atoms with Gasteiger partial charge in [0.05, 0.1) is 30.2 Å². The normalized spacial score (nSPS) is 14.1. The highest BCUT2D eigenvalue weighted by molar-refractivity contribution is 6.42. The fraction of sp³-hybridized carbons (Fsp3) is 0.381. The molecule has 1 saturated carbocycles. The minimum absolute atomic E-state index is 0.211. The van der Waals surface area contributed by atoms with Crippen LogP contribution >= 0.6 is 23.2 Å². The van der Waals surface area contributed by atoms with Crippen molar-refractivity contribution in [2.75, 3.05) is 19.4 Å². The third kappa shape index (κ3) is 6.31. The lowest BCUT2D eigenvalue weighted by Gasteiger charge is -2.14. The molecule has 0 unspecified atom stereocenters. The van der Waals surface area contributed by atoms with E-state index in [-0.39, 0.29) is 5.91 Å². The predicted molar refractivity (Wildman–Crippen MR) is 111 cm³/mol. The van der Waals surface area contributed by atoms with Crippen LogP contribution in [0.5, 0.6) is 0 Å². The molecule has 3 rings (SSSR count). The predicted octanol–water partition coefficient (Wildman–Crippen LogP) is 4.63. The van der Waals surface area contributed by atoms with E-state index in [0.717, 1.165) is 17.3 Å². The summed E-state index contributed by atoms with van der Waals surface area (Å²) in [6.45, 7) is 1.99. The highest BCUT2D eigenvalue weighted by Crippen LogP contribution is 2.23. The second kappa shape index (κ2) is 9.96. The Labute approximate surface area is 166 Å². The van der Waals surface area contributed by atoms with Crippen molar-refractivity contribution in [3.63, 3.8) is 0 Å². The molecule has 0 saturated heterocycles. The quantitative estimate of drug-likeness (QED) is 0.782. The molecule has 5 heteroatoms. The summed E-state index contributed by atoms with van der Waals surface area (Å²) in [6, 6.07) is 13.3. The van der Waals surface area contributed by atoms with E-state index in [9.17, 15) is 4.79 Å². The van der Waals surface area contributed by atoms with E-state index in [1.165, 1.54) is 25.7 Å². The van der Waals surface area contributed by atoms with E-state index in [2.05, 4.69) is 19.4 Å². The van der Waals surface area contributed by atoms with Crippen LogP contribution in [0.4, 0.5) is 5.69 Å². The maximum absolute atomic E-state index is 11.9. The number of hydrogen-bond acceptors (Lipinski definition) is 1. The first-order valence-electron chi connectivity index (χ1n) is 9.00. The number of halogens is 2. The Hall–Kier alpha value is -1.55. The van der Waals surface area contributed by atoms with Gasteiger partial charge < -0.3 is 10.2 Å². The Bertz CT molecular complexity index is 723. The summed E-state index contributed by atoms with van der Waals surface area (Å²) < 4.78 is 0. The van der Waals surface area contributed by atoms with Gasteiger partial charge >= 0.3 is 0 Å². The second-order valence-electron chi connectivity index (χ2n) is 7.01. The number of amides is 1. The van der Waals surface area contributed by atoms with Gasteiger partial charge in [0.15, 0.2) is 0 Å². The van der Waals surface area contributed by atoms with Crippen molar-refractivity contribution < 1.29 is 9.69 Å². The van der Waals surface area contributed by atoms with Crippen molar-refractivity contribution in [3.05, 3.63) is 63.6 Å². The zero-order chi connectivity index (χ0) is 19.1. The van der Waals surface area contributed by atoms with Crippen LogP contribution in [0.3, 0.4) is 0 Å². The molecule has 1 amide bonds. The monoisotopic (exact) mass is 393 g/mol. The summed E-state index contributed by atoms with van der Waals surface area (Å²) >= 11 is 11.7. The first-order valence-corrected chi connectivity index (χ1v) is 9.75. The molecule has 0 bridgehead atoms. The smallest absolute Gasteiger partial charge is 0.255 e. The molecule has 1 aliphatic carbocycles. The minimum atomic E-state index is -0.211. The molecule has 0 aliphatic heterocycles. The maximum atomic E-state index is 11.9. The topological polar surface area (TPSA) is 33.5 Å². The van der Waals surface area contributed by atoms with Crippen LogP contribution in [-0.4, -0.2) is 26.0 Å². The average Bonchev–Trinajstić information content (AvgIpc) is 3.15. The van der Waals surface area contributed by atoms with Crippen molar-refractivity contribution in [3.8, 4) is 0 Å². The van der Waals surface area contributed by atoms with Crippen molar-refractivity contribution in [1.29, 1.82) is 0 Å². The summed E-state index contributed by atoms with van der Waals surface area (Å²) in [5.41, 5.74) is 2.36. The van der Waals surface area contributed by atoms with Crippen molar-refractivity contribution in [2.45, 2.75) is 38.6 Å². The SMILES string of the molecule is C[NH+](C)C1CCCC1.Cc1ccc(NC(=O)c2ccc(Cl)c(Cl)c2)cc1. The molecular formula is C21H27Cl2N2O+. The lowest BCUT2D eigenvalue weighted by Crippen LogP contribution is -3.09. The molecule has 2 aromatic rings. The molecule has 3 nitrogen and oxygen atoms in total. The summed E-state index contributed by atoms with van der Waals surface area (Å²) in [6.07, 6.45) is 5.86. The van der Waals surface area contributed by atoms with E-state index in [1.54, 1.807) is 23.1 Å². The molecular weight excluding hydrogens is 367 g/mol. The number of nitrogens with one attached hydrogen (secondary N) is 2. The van der Waals surface area contributed by atoms with Gasteiger partial charge in [-0.05, 0) is 62.9 Å². The molecule has 1 fully saturated rings. The summed E-state index contributed by atoms with van der Waals surface area (Å²) in [5.74, 6) is -0.211. The minimum Gasteiger partial charge on any atom is -0.337 e. The standard InChI is InChI=1S/C14H11Cl2NO.C7H15N/c1-9-2-5-11(6-3-9)17-14(18)10-4-7-12(15)13(16)8-10;1-8(2)7-5-3-4-6-7/h2-8H,1H3,(H,17,18);7H,3-6H2,1-2H3/p+1. The van der Waals surface area contributed by atoms with E-state index in [0.29, 0.717) is 15.6 Å². The zero-order valence-corrected chi connectivity index (χ0v) is 17.1. The third-order valence-corrected chi connectivity index (χ3v) is 5.40. The number of quaternary nitrogens is 1. The number of anilines is 1. The second-order valence-corrected chi connectivity index (χ2v) is 7.82. The first-order chi connectivity index (χ1) is 12.4. The fourth-order valence-corrected chi connectivity index (χ4v) is 3.28. The summed E-state index contributed by atoms with van der Waals surface area (Å²) in [5, 5.41) is 3.59.